The van der Waals surface area contributed by atoms with Crippen LogP contribution in [0.5, 0.6) is 11.5 Å². The molecular formula is C30H26N2O8. The monoisotopic (exact) mass is 542 g/mol. The van der Waals surface area contributed by atoms with E-state index in [1.807, 2.05) is 66.7 Å². The number of hydrogen-bond acceptors (Lipinski definition) is 7. The summed E-state index contributed by atoms with van der Waals surface area (Å²) < 4.78 is 12.6. The van der Waals surface area contributed by atoms with E-state index in [0.717, 1.165) is 5.56 Å². The summed E-state index contributed by atoms with van der Waals surface area (Å²) >= 11 is 0. The molecule has 10 heteroatoms. The zero-order valence-corrected chi connectivity index (χ0v) is 21.3. The van der Waals surface area contributed by atoms with Crippen LogP contribution in [-0.4, -0.2) is 20.9 Å². The van der Waals surface area contributed by atoms with Crippen LogP contribution in [0.2, 0.25) is 0 Å². The molecule has 0 unspecified atom stereocenters. The van der Waals surface area contributed by atoms with Gasteiger partial charge in [0.2, 0.25) is 0 Å². The molecule has 0 fully saturated rings. The summed E-state index contributed by atoms with van der Waals surface area (Å²) in [6, 6.07) is 30.1. The molecule has 0 aliphatic carbocycles. The van der Waals surface area contributed by atoms with Crippen molar-refractivity contribution in [3.05, 3.63) is 154 Å². The van der Waals surface area contributed by atoms with E-state index >= 15 is 0 Å². The van der Waals surface area contributed by atoms with E-state index in [1.54, 1.807) is 0 Å². The average Bonchev–Trinajstić information content (AvgIpc) is 2.99. The van der Waals surface area contributed by atoms with Gasteiger partial charge in [0.05, 0.1) is 9.85 Å². The molecule has 0 aliphatic heterocycles. The Balaban J connectivity index is 0.000000332. The van der Waals surface area contributed by atoms with Crippen molar-refractivity contribution in [2.75, 3.05) is 0 Å². The standard InChI is InChI=1S/C15H13NO4.C8H8.C6H5NO3.CO/c17-15(11-6-12-4-2-1-3-5-12)20-14-9-7-13(8-10-14)16(18)19;1-2-8-6-4-3-5-7-8;8-6-3-1-5(2-4-6)7(9)10;1-2/h1-5,7-10H,6,11H2;2-7H,1H2;1-4,8H;. The zero-order chi connectivity index (χ0) is 29.8. The third kappa shape index (κ3) is 13.1. The van der Waals surface area contributed by atoms with Gasteiger partial charge in [-0.1, -0.05) is 73.3 Å². The Morgan fingerprint density at radius 3 is 1.68 bits per heavy atom. The summed E-state index contributed by atoms with van der Waals surface area (Å²) in [5.74, 6) is -0.0121. The van der Waals surface area contributed by atoms with Crippen molar-refractivity contribution < 1.29 is 29.1 Å². The van der Waals surface area contributed by atoms with Crippen molar-refractivity contribution in [2.24, 2.45) is 0 Å². The minimum absolute atomic E-state index is 0.0159. The van der Waals surface area contributed by atoms with Crippen LogP contribution in [0.4, 0.5) is 11.4 Å². The molecule has 0 aromatic heterocycles. The number of nitro groups is 2. The van der Waals surface area contributed by atoms with Crippen LogP contribution in [0.3, 0.4) is 0 Å². The van der Waals surface area contributed by atoms with Crippen LogP contribution in [0, 0.1) is 26.9 Å². The van der Waals surface area contributed by atoms with Gasteiger partial charge in [-0.05, 0) is 41.8 Å². The van der Waals surface area contributed by atoms with Crippen molar-refractivity contribution >= 4 is 23.4 Å². The van der Waals surface area contributed by atoms with Crippen molar-refractivity contribution in [3.63, 3.8) is 0 Å². The van der Waals surface area contributed by atoms with Crippen LogP contribution in [0.25, 0.3) is 6.08 Å². The number of ether oxygens (including phenoxy) is 1. The molecule has 4 aromatic carbocycles. The van der Waals surface area contributed by atoms with E-state index in [4.69, 9.17) is 14.5 Å². The second-order valence-corrected chi connectivity index (χ2v) is 7.60. The fraction of sp³-hybridized carbons (Fsp3) is 0.0667. The number of carbonyl (C=O) groups is 1. The van der Waals surface area contributed by atoms with E-state index < -0.39 is 9.85 Å². The van der Waals surface area contributed by atoms with Gasteiger partial charge in [0.1, 0.15) is 11.5 Å². The maximum absolute atomic E-state index is 11.6. The predicted octanol–water partition coefficient (Wildman–Crippen LogP) is 6.73. The first-order chi connectivity index (χ1) is 19.3. The summed E-state index contributed by atoms with van der Waals surface area (Å²) in [6.07, 6.45) is 2.70. The molecule has 4 rings (SSSR count). The SMILES string of the molecule is C=Cc1ccccc1.O=C(CCc1ccccc1)Oc1ccc([N+](=O)[O-])cc1.O=[N+]([O-])c1ccc(O)cc1.[C-]#[O+]. The molecule has 1 N–H and O–H groups in total. The third-order valence-corrected chi connectivity index (χ3v) is 4.84. The Bertz CT molecular complexity index is 1360. The number of phenols is 1. The van der Waals surface area contributed by atoms with Gasteiger partial charge in [-0.15, -0.1) is 0 Å². The first kappa shape index (κ1) is 32.5. The predicted molar refractivity (Wildman–Crippen MR) is 149 cm³/mol. The Kier molecular flexibility index (Phi) is 15.1. The number of phenolic OH excluding ortho intramolecular Hbond substituents is 1. The molecule has 0 amide bonds. The fourth-order valence-corrected chi connectivity index (χ4v) is 2.87. The molecular weight excluding hydrogens is 516 g/mol. The molecule has 0 bridgehead atoms. The van der Waals surface area contributed by atoms with Gasteiger partial charge in [-0.25, -0.2) is 0 Å². The number of carbonyl (C=O) groups excluding carboxylic acids is 1. The van der Waals surface area contributed by atoms with Gasteiger partial charge < -0.3 is 9.84 Å². The van der Waals surface area contributed by atoms with Gasteiger partial charge in [-0.2, -0.15) is 0 Å². The number of hydrogen-bond donors (Lipinski definition) is 1. The number of aryl methyl sites for hydroxylation is 1. The second kappa shape index (κ2) is 18.6. The fourth-order valence-electron chi connectivity index (χ4n) is 2.87. The first-order valence-electron chi connectivity index (χ1n) is 11.6. The first-order valence-corrected chi connectivity index (χ1v) is 11.6. The summed E-state index contributed by atoms with van der Waals surface area (Å²) in [4.78, 5) is 31.2. The Morgan fingerprint density at radius 1 is 0.800 bits per heavy atom. The summed E-state index contributed by atoms with van der Waals surface area (Å²) in [7, 11) is 0. The van der Waals surface area contributed by atoms with Crippen LogP contribution in [-0.2, 0) is 15.9 Å². The van der Waals surface area contributed by atoms with Crippen LogP contribution < -0.4 is 4.74 Å². The third-order valence-electron chi connectivity index (χ3n) is 4.84. The number of nitrogens with zero attached hydrogens (tertiary/aromatic N) is 2. The summed E-state index contributed by atoms with van der Waals surface area (Å²) in [6.45, 7) is 8.13. The molecule has 4 aromatic rings. The van der Waals surface area contributed by atoms with E-state index in [9.17, 15) is 25.0 Å². The normalized spacial score (nSPS) is 9.05. The van der Waals surface area contributed by atoms with Crippen molar-refractivity contribution in [1.82, 2.24) is 0 Å². The van der Waals surface area contributed by atoms with E-state index in [0.29, 0.717) is 12.2 Å². The molecule has 0 saturated heterocycles. The molecule has 0 heterocycles. The van der Waals surface area contributed by atoms with E-state index in [1.165, 1.54) is 54.1 Å². The average molecular weight is 543 g/mol. The zero-order valence-electron chi connectivity index (χ0n) is 21.3. The van der Waals surface area contributed by atoms with Gasteiger partial charge in [-0.3, -0.25) is 25.0 Å². The van der Waals surface area contributed by atoms with E-state index in [-0.39, 0.29) is 29.5 Å². The second-order valence-electron chi connectivity index (χ2n) is 7.60. The van der Waals surface area contributed by atoms with Crippen molar-refractivity contribution in [3.8, 4) is 11.5 Å². The number of aromatic hydroxyl groups is 1. The molecule has 0 radical (unpaired) electrons. The Morgan fingerprint density at radius 2 is 1.25 bits per heavy atom. The molecule has 10 nitrogen and oxygen atoms in total. The molecule has 0 aliphatic rings. The van der Waals surface area contributed by atoms with Gasteiger partial charge in [0.25, 0.3) is 11.4 Å². The van der Waals surface area contributed by atoms with Gasteiger partial charge in [0.15, 0.2) is 0 Å². The number of nitro benzene ring substituents is 2. The summed E-state index contributed by atoms with van der Waals surface area (Å²) in [5.41, 5.74) is 2.19. The van der Waals surface area contributed by atoms with Crippen LogP contribution >= 0.6 is 0 Å². The molecule has 0 spiro atoms. The molecule has 204 valence electrons. The molecule has 0 atom stereocenters. The van der Waals surface area contributed by atoms with Gasteiger partial charge >= 0.3 is 17.3 Å². The van der Waals surface area contributed by atoms with Crippen LogP contribution in [0.15, 0.2) is 116 Å². The van der Waals surface area contributed by atoms with Crippen molar-refractivity contribution in [1.29, 1.82) is 0 Å². The summed E-state index contributed by atoms with van der Waals surface area (Å²) in [5, 5.41) is 29.2. The maximum atomic E-state index is 11.6. The van der Waals surface area contributed by atoms with E-state index in [2.05, 4.69) is 13.2 Å². The number of rotatable bonds is 7. The number of benzene rings is 4. The number of esters is 1. The van der Waals surface area contributed by atoms with Crippen LogP contribution in [0.1, 0.15) is 17.5 Å². The molecule has 0 saturated carbocycles. The Labute approximate surface area is 230 Å². The quantitative estimate of drug-likeness (QED) is 0.0679. The number of non-ortho nitro benzene ring substituents is 2. The van der Waals surface area contributed by atoms with Gasteiger partial charge in [0, 0.05) is 30.7 Å². The minimum atomic E-state index is -0.514. The Hall–Kier alpha value is -5.57. The van der Waals surface area contributed by atoms with Crippen molar-refractivity contribution in [2.45, 2.75) is 12.8 Å². The topological polar surface area (TPSA) is 153 Å². The molecule has 40 heavy (non-hydrogen) atoms.